The van der Waals surface area contributed by atoms with Crippen molar-refractivity contribution in [3.8, 4) is 0 Å². The van der Waals surface area contributed by atoms with Gasteiger partial charge in [-0.3, -0.25) is 14.7 Å². The Balaban J connectivity index is 1.64. The summed E-state index contributed by atoms with van der Waals surface area (Å²) in [6, 6.07) is 7.17. The van der Waals surface area contributed by atoms with Crippen LogP contribution in [0.15, 0.2) is 24.3 Å². The van der Waals surface area contributed by atoms with E-state index in [1.54, 1.807) is 21.9 Å². The summed E-state index contributed by atoms with van der Waals surface area (Å²) in [4.78, 5) is 28.6. The molecule has 3 rings (SSSR count). The van der Waals surface area contributed by atoms with Crippen LogP contribution in [0, 0.1) is 13.8 Å². The van der Waals surface area contributed by atoms with Gasteiger partial charge < -0.3 is 9.80 Å². The number of aromatic amines is 1. The molecule has 0 aliphatic carbocycles. The summed E-state index contributed by atoms with van der Waals surface area (Å²) in [7, 11) is 0. The van der Waals surface area contributed by atoms with Crippen LogP contribution < -0.4 is 4.90 Å². The molecule has 2 heterocycles. The monoisotopic (exact) mass is 374 g/mol. The Bertz CT molecular complexity index is 833. The number of carbonyl (C=O) groups is 2. The van der Waals surface area contributed by atoms with E-state index in [0.29, 0.717) is 24.4 Å². The maximum atomic E-state index is 12.6. The smallest absolute Gasteiger partial charge is 0.246 e. The molecule has 1 aromatic carbocycles. The fourth-order valence-corrected chi connectivity index (χ4v) is 3.41. The van der Waals surface area contributed by atoms with Gasteiger partial charge in [-0.25, -0.2) is 0 Å². The minimum absolute atomic E-state index is 0.0170. The first-order chi connectivity index (χ1) is 12.4. The average molecular weight is 375 g/mol. The maximum absolute atomic E-state index is 12.6. The van der Waals surface area contributed by atoms with Crippen molar-refractivity contribution < 1.29 is 9.59 Å². The van der Waals surface area contributed by atoms with Gasteiger partial charge in [-0.1, -0.05) is 17.7 Å². The molecule has 2 aromatic rings. The lowest BCUT2D eigenvalue weighted by Crippen LogP contribution is -2.57. The Labute approximate surface area is 158 Å². The van der Waals surface area contributed by atoms with Crippen LogP contribution in [0.4, 0.5) is 5.69 Å². The number of carbonyl (C=O) groups excluding carboxylic acids is 2. The molecule has 0 radical (unpaired) electrons. The summed E-state index contributed by atoms with van der Waals surface area (Å²) in [5, 5.41) is 7.77. The molecule has 1 aromatic heterocycles. The molecular weight excluding hydrogens is 352 g/mol. The van der Waals surface area contributed by atoms with E-state index < -0.39 is 0 Å². The first-order valence-corrected chi connectivity index (χ1v) is 9.10. The number of halogens is 1. The number of amides is 2. The molecule has 1 aliphatic rings. The molecule has 7 heteroatoms. The van der Waals surface area contributed by atoms with E-state index in [1.165, 1.54) is 0 Å². The van der Waals surface area contributed by atoms with Crippen molar-refractivity contribution in [2.24, 2.45) is 0 Å². The standard InChI is InChI=1S/C19H23ClN4O2/c1-12-10-24(16-6-4-5-15(20)9-16)19(26)11-23(12)18(25)8-7-17-13(2)14(3)21-22-17/h4-6,9,12H,7-8,10-11H2,1-3H3,(H,21,22)/t12-/m0/s1. The highest BCUT2D eigenvalue weighted by Crippen LogP contribution is 2.24. The van der Waals surface area contributed by atoms with Crippen LogP contribution in [0.3, 0.4) is 0 Å². The molecule has 26 heavy (non-hydrogen) atoms. The number of hydrogen-bond donors (Lipinski definition) is 1. The quantitative estimate of drug-likeness (QED) is 0.894. The Morgan fingerprint density at radius 2 is 2.15 bits per heavy atom. The van der Waals surface area contributed by atoms with Gasteiger partial charge in [0.25, 0.3) is 0 Å². The number of benzene rings is 1. The van der Waals surface area contributed by atoms with Gasteiger partial charge in [-0.05, 0) is 44.5 Å². The average Bonchev–Trinajstić information content (AvgIpc) is 2.93. The molecule has 1 fully saturated rings. The second-order valence-corrected chi connectivity index (χ2v) is 7.21. The molecule has 0 saturated carbocycles. The van der Waals surface area contributed by atoms with Crippen molar-refractivity contribution in [3.63, 3.8) is 0 Å². The number of nitrogens with one attached hydrogen (secondary N) is 1. The fraction of sp³-hybridized carbons (Fsp3) is 0.421. The van der Waals surface area contributed by atoms with Gasteiger partial charge in [0.05, 0.1) is 5.69 Å². The lowest BCUT2D eigenvalue weighted by atomic mass is 10.1. The predicted octanol–water partition coefficient (Wildman–Crippen LogP) is 2.88. The maximum Gasteiger partial charge on any atom is 0.246 e. The lowest BCUT2D eigenvalue weighted by molar-refractivity contribution is -0.139. The first kappa shape index (κ1) is 18.5. The van der Waals surface area contributed by atoms with E-state index in [1.807, 2.05) is 32.9 Å². The molecule has 1 aliphatic heterocycles. The summed E-state index contributed by atoms with van der Waals surface area (Å²) >= 11 is 6.03. The summed E-state index contributed by atoms with van der Waals surface area (Å²) in [6.07, 6.45) is 0.921. The van der Waals surface area contributed by atoms with Crippen LogP contribution in [-0.4, -0.2) is 46.0 Å². The number of rotatable bonds is 4. The topological polar surface area (TPSA) is 69.3 Å². The number of piperazine rings is 1. The van der Waals surface area contributed by atoms with E-state index in [9.17, 15) is 9.59 Å². The molecule has 0 unspecified atom stereocenters. The number of anilines is 1. The Kier molecular flexibility index (Phi) is 5.32. The van der Waals surface area contributed by atoms with Crippen molar-refractivity contribution in [2.45, 2.75) is 39.7 Å². The third-order valence-corrected chi connectivity index (χ3v) is 5.19. The van der Waals surface area contributed by atoms with Crippen molar-refractivity contribution in [3.05, 3.63) is 46.2 Å². The second-order valence-electron chi connectivity index (χ2n) is 6.78. The van der Waals surface area contributed by atoms with Crippen LogP contribution in [-0.2, 0) is 16.0 Å². The molecule has 138 valence electrons. The van der Waals surface area contributed by atoms with Crippen molar-refractivity contribution >= 4 is 29.1 Å². The largest absolute Gasteiger partial charge is 0.329 e. The van der Waals surface area contributed by atoms with Gasteiger partial charge in [0.2, 0.25) is 11.8 Å². The molecule has 2 amide bonds. The van der Waals surface area contributed by atoms with Gasteiger partial charge >= 0.3 is 0 Å². The highest BCUT2D eigenvalue weighted by atomic mass is 35.5. The fourth-order valence-electron chi connectivity index (χ4n) is 3.23. The minimum Gasteiger partial charge on any atom is -0.329 e. The van der Waals surface area contributed by atoms with Crippen LogP contribution in [0.5, 0.6) is 0 Å². The summed E-state index contributed by atoms with van der Waals surface area (Å²) < 4.78 is 0. The van der Waals surface area contributed by atoms with E-state index in [4.69, 9.17) is 11.6 Å². The van der Waals surface area contributed by atoms with Crippen molar-refractivity contribution in [1.82, 2.24) is 15.1 Å². The highest BCUT2D eigenvalue weighted by molar-refractivity contribution is 6.30. The molecule has 1 N–H and O–H groups in total. The minimum atomic E-state index is -0.0921. The van der Waals surface area contributed by atoms with Crippen LogP contribution in [0.25, 0.3) is 0 Å². The van der Waals surface area contributed by atoms with Gasteiger partial charge in [-0.2, -0.15) is 5.10 Å². The van der Waals surface area contributed by atoms with Crippen molar-refractivity contribution in [2.75, 3.05) is 18.0 Å². The zero-order valence-electron chi connectivity index (χ0n) is 15.3. The molecule has 1 atom stereocenters. The summed E-state index contributed by atoms with van der Waals surface area (Å²) in [5.74, 6) is -0.109. The molecule has 0 spiro atoms. The number of aryl methyl sites for hydroxylation is 2. The Morgan fingerprint density at radius 1 is 1.38 bits per heavy atom. The van der Waals surface area contributed by atoms with E-state index >= 15 is 0 Å². The zero-order chi connectivity index (χ0) is 18.8. The predicted molar refractivity (Wildman–Crippen MR) is 101 cm³/mol. The van der Waals surface area contributed by atoms with Crippen LogP contribution >= 0.6 is 11.6 Å². The number of nitrogens with zero attached hydrogens (tertiary/aromatic N) is 3. The number of aromatic nitrogens is 2. The van der Waals surface area contributed by atoms with Crippen LogP contribution in [0.1, 0.15) is 30.3 Å². The third kappa shape index (κ3) is 3.75. The highest BCUT2D eigenvalue weighted by Gasteiger charge is 2.33. The van der Waals surface area contributed by atoms with E-state index in [0.717, 1.165) is 22.6 Å². The van der Waals surface area contributed by atoms with Gasteiger partial charge in [0, 0.05) is 41.8 Å². The lowest BCUT2D eigenvalue weighted by Gasteiger charge is -2.39. The molecule has 0 bridgehead atoms. The number of hydrogen-bond acceptors (Lipinski definition) is 3. The summed E-state index contributed by atoms with van der Waals surface area (Å²) in [5.41, 5.74) is 3.79. The molecule has 6 nitrogen and oxygen atoms in total. The second kappa shape index (κ2) is 7.50. The Morgan fingerprint density at radius 3 is 2.81 bits per heavy atom. The SMILES string of the molecule is Cc1[nH]nc(CCC(=O)N2CC(=O)N(c3cccc(Cl)c3)C[C@@H]2C)c1C. The zero-order valence-corrected chi connectivity index (χ0v) is 16.0. The number of H-pyrrole nitrogens is 1. The van der Waals surface area contributed by atoms with Crippen molar-refractivity contribution in [1.29, 1.82) is 0 Å². The first-order valence-electron chi connectivity index (χ1n) is 8.72. The normalized spacial score (nSPS) is 17.7. The Hall–Kier alpha value is -2.34. The van der Waals surface area contributed by atoms with Gasteiger partial charge in [0.15, 0.2) is 0 Å². The van der Waals surface area contributed by atoms with Gasteiger partial charge in [-0.15, -0.1) is 0 Å². The van der Waals surface area contributed by atoms with Crippen LogP contribution in [0.2, 0.25) is 5.02 Å². The third-order valence-electron chi connectivity index (χ3n) is 4.96. The van der Waals surface area contributed by atoms with E-state index in [2.05, 4.69) is 10.2 Å². The van der Waals surface area contributed by atoms with E-state index in [-0.39, 0.29) is 24.4 Å². The molecular formula is C19H23ClN4O2. The van der Waals surface area contributed by atoms with Gasteiger partial charge in [0.1, 0.15) is 6.54 Å². The molecule has 1 saturated heterocycles. The summed E-state index contributed by atoms with van der Waals surface area (Å²) in [6.45, 7) is 6.47.